The van der Waals surface area contributed by atoms with E-state index < -0.39 is 0 Å². The second-order valence-corrected chi connectivity index (χ2v) is 6.37. The van der Waals surface area contributed by atoms with Crippen LogP contribution >= 0.6 is 31.9 Å². The Morgan fingerprint density at radius 2 is 2.28 bits per heavy atom. The molecule has 6 heteroatoms. The Hall–Kier alpha value is -0.330. The Labute approximate surface area is 123 Å². The highest BCUT2D eigenvalue weighted by atomic mass is 79.9. The lowest BCUT2D eigenvalue weighted by Gasteiger charge is -2.42. The first kappa shape index (κ1) is 14.1. The monoisotopic (exact) mass is 379 g/mol. The van der Waals surface area contributed by atoms with Crippen molar-refractivity contribution < 1.29 is 13.9 Å². The summed E-state index contributed by atoms with van der Waals surface area (Å²) in [5, 5.41) is 0.710. The summed E-state index contributed by atoms with van der Waals surface area (Å²) in [6, 6.07) is 3.40. The number of carbonyl (C=O) groups is 1. The van der Waals surface area contributed by atoms with E-state index in [0.29, 0.717) is 28.8 Å². The summed E-state index contributed by atoms with van der Waals surface area (Å²) in [7, 11) is 0. The largest absolute Gasteiger partial charge is 0.444 e. The molecule has 1 unspecified atom stereocenters. The minimum absolute atomic E-state index is 0.0103. The number of halogens is 2. The molecular weight excluding hydrogens is 366 g/mol. The first-order chi connectivity index (χ1) is 8.41. The molecule has 18 heavy (non-hydrogen) atoms. The fourth-order valence-electron chi connectivity index (χ4n) is 2.12. The fraction of sp³-hybridized carbons (Fsp3) is 0.583. The van der Waals surface area contributed by atoms with E-state index in [9.17, 15) is 4.79 Å². The fourth-order valence-corrected chi connectivity index (χ4v) is 2.76. The van der Waals surface area contributed by atoms with E-state index in [1.165, 1.54) is 0 Å². The number of rotatable bonds is 2. The van der Waals surface area contributed by atoms with Gasteiger partial charge in [-0.3, -0.25) is 4.79 Å². The van der Waals surface area contributed by atoms with Gasteiger partial charge in [-0.1, -0.05) is 15.9 Å². The Balaban J connectivity index is 2.14. The molecule has 2 heterocycles. The third-order valence-corrected chi connectivity index (χ3v) is 3.87. The highest BCUT2D eigenvalue weighted by Gasteiger charge is 2.36. The summed E-state index contributed by atoms with van der Waals surface area (Å²) < 4.78 is 11.7. The van der Waals surface area contributed by atoms with E-state index in [1.807, 2.05) is 13.8 Å². The van der Waals surface area contributed by atoms with Crippen LogP contribution < -0.4 is 0 Å². The van der Waals surface area contributed by atoms with Crippen LogP contribution in [0.3, 0.4) is 0 Å². The van der Waals surface area contributed by atoms with Gasteiger partial charge in [0.2, 0.25) is 0 Å². The number of hydrogen-bond acceptors (Lipinski definition) is 3. The molecule has 0 N–H and O–H groups in total. The van der Waals surface area contributed by atoms with Crippen molar-refractivity contribution in [3.05, 3.63) is 22.6 Å². The van der Waals surface area contributed by atoms with Gasteiger partial charge in [0.25, 0.3) is 5.91 Å². The number of hydrogen-bond donors (Lipinski definition) is 0. The average Bonchev–Trinajstić information content (AvgIpc) is 2.72. The third kappa shape index (κ3) is 3.16. The van der Waals surface area contributed by atoms with Gasteiger partial charge in [-0.15, -0.1) is 0 Å². The summed E-state index contributed by atoms with van der Waals surface area (Å²) >= 11 is 6.61. The molecule has 1 atom stereocenters. The van der Waals surface area contributed by atoms with Crippen LogP contribution in [-0.4, -0.2) is 40.9 Å². The van der Waals surface area contributed by atoms with Gasteiger partial charge in [0, 0.05) is 18.4 Å². The number of furan rings is 1. The van der Waals surface area contributed by atoms with Crippen LogP contribution in [0.1, 0.15) is 24.4 Å². The molecule has 1 fully saturated rings. The highest BCUT2D eigenvalue weighted by molar-refractivity contribution is 9.10. The normalized spacial score (nSPS) is 23.1. The van der Waals surface area contributed by atoms with Crippen LogP contribution in [0.15, 0.2) is 21.2 Å². The van der Waals surface area contributed by atoms with Crippen LogP contribution in [0.25, 0.3) is 0 Å². The molecule has 1 saturated heterocycles. The van der Waals surface area contributed by atoms with Crippen molar-refractivity contribution in [1.82, 2.24) is 4.90 Å². The van der Waals surface area contributed by atoms with E-state index in [1.54, 1.807) is 17.0 Å². The molecule has 1 aliphatic heterocycles. The van der Waals surface area contributed by atoms with Gasteiger partial charge in [0.05, 0.1) is 11.7 Å². The maximum atomic E-state index is 12.3. The van der Waals surface area contributed by atoms with E-state index in [4.69, 9.17) is 9.15 Å². The zero-order chi connectivity index (χ0) is 13.3. The molecule has 1 aliphatic rings. The van der Waals surface area contributed by atoms with Crippen molar-refractivity contribution in [3.63, 3.8) is 0 Å². The molecule has 2 rings (SSSR count). The molecule has 1 aromatic heterocycles. The number of carbonyl (C=O) groups excluding carboxylic acids is 1. The summed E-state index contributed by atoms with van der Waals surface area (Å²) in [5.41, 5.74) is -0.337. The van der Waals surface area contributed by atoms with Crippen molar-refractivity contribution in [2.45, 2.75) is 25.6 Å². The molecule has 0 spiro atoms. The van der Waals surface area contributed by atoms with Crippen LogP contribution in [0.5, 0.6) is 0 Å². The Morgan fingerprint density at radius 1 is 1.56 bits per heavy atom. The smallest absolute Gasteiger partial charge is 0.289 e. The van der Waals surface area contributed by atoms with Gasteiger partial charge in [-0.2, -0.15) is 0 Å². The maximum absolute atomic E-state index is 12.3. The van der Waals surface area contributed by atoms with Gasteiger partial charge in [0.15, 0.2) is 10.4 Å². The van der Waals surface area contributed by atoms with Crippen LogP contribution in [0.2, 0.25) is 0 Å². The summed E-state index contributed by atoms with van der Waals surface area (Å²) in [5.74, 6) is 0.260. The molecule has 0 radical (unpaired) electrons. The van der Waals surface area contributed by atoms with E-state index in [2.05, 4.69) is 31.9 Å². The summed E-state index contributed by atoms with van der Waals surface area (Å²) in [6.07, 6.45) is 0.0103. The zero-order valence-electron chi connectivity index (χ0n) is 10.3. The van der Waals surface area contributed by atoms with Crippen molar-refractivity contribution in [3.8, 4) is 0 Å². The zero-order valence-corrected chi connectivity index (χ0v) is 13.5. The molecule has 0 saturated carbocycles. The van der Waals surface area contributed by atoms with Crippen molar-refractivity contribution in [2.24, 2.45) is 0 Å². The molecular formula is C12H15Br2NO3. The molecule has 100 valence electrons. The highest BCUT2D eigenvalue weighted by Crippen LogP contribution is 2.24. The van der Waals surface area contributed by atoms with Crippen LogP contribution in [-0.2, 0) is 4.74 Å². The van der Waals surface area contributed by atoms with Gasteiger partial charge < -0.3 is 14.1 Å². The van der Waals surface area contributed by atoms with Gasteiger partial charge in [0.1, 0.15) is 0 Å². The number of morpholine rings is 1. The maximum Gasteiger partial charge on any atom is 0.289 e. The Bertz CT molecular complexity index is 444. The van der Waals surface area contributed by atoms with E-state index >= 15 is 0 Å². The lowest BCUT2D eigenvalue weighted by molar-refractivity contribution is -0.116. The standard InChI is InChI=1S/C12H15Br2NO3/c1-12(2)7-15(6-8(5-13)18-12)11(16)9-3-4-10(14)17-9/h3-4,8H,5-7H2,1-2H3. The predicted octanol–water partition coefficient (Wildman–Crippen LogP) is 3.06. The van der Waals surface area contributed by atoms with Crippen LogP contribution in [0.4, 0.5) is 0 Å². The van der Waals surface area contributed by atoms with Crippen molar-refractivity contribution >= 4 is 37.8 Å². The summed E-state index contributed by atoms with van der Waals surface area (Å²) in [6.45, 7) is 5.11. The van der Waals surface area contributed by atoms with Gasteiger partial charge >= 0.3 is 0 Å². The van der Waals surface area contributed by atoms with E-state index in [0.717, 1.165) is 0 Å². The lowest BCUT2D eigenvalue weighted by atomic mass is 10.1. The second-order valence-electron chi connectivity index (χ2n) is 4.94. The predicted molar refractivity (Wildman–Crippen MR) is 75.1 cm³/mol. The molecule has 0 aromatic carbocycles. The molecule has 0 aliphatic carbocycles. The quantitative estimate of drug-likeness (QED) is 0.740. The lowest BCUT2D eigenvalue weighted by Crippen LogP contribution is -2.55. The molecule has 4 nitrogen and oxygen atoms in total. The first-order valence-corrected chi connectivity index (χ1v) is 7.61. The van der Waals surface area contributed by atoms with Crippen LogP contribution in [0, 0.1) is 0 Å². The topological polar surface area (TPSA) is 42.7 Å². The number of alkyl halides is 1. The third-order valence-electron chi connectivity index (χ3n) is 2.72. The van der Waals surface area contributed by atoms with Crippen molar-refractivity contribution in [2.75, 3.05) is 18.4 Å². The number of ether oxygens (including phenoxy) is 1. The molecule has 1 aromatic rings. The Kier molecular flexibility index (Phi) is 4.18. The number of amides is 1. The first-order valence-electron chi connectivity index (χ1n) is 5.70. The van der Waals surface area contributed by atoms with Gasteiger partial charge in [-0.05, 0) is 41.9 Å². The Morgan fingerprint density at radius 3 is 2.83 bits per heavy atom. The number of nitrogens with zero attached hydrogens (tertiary/aromatic N) is 1. The van der Waals surface area contributed by atoms with E-state index in [-0.39, 0.29) is 17.6 Å². The SMILES string of the molecule is CC1(C)CN(C(=O)c2ccc(Br)o2)CC(CBr)O1. The average molecular weight is 381 g/mol. The minimum atomic E-state index is -0.337. The molecule has 1 amide bonds. The second kappa shape index (κ2) is 5.35. The minimum Gasteiger partial charge on any atom is -0.444 e. The van der Waals surface area contributed by atoms with Crippen molar-refractivity contribution in [1.29, 1.82) is 0 Å². The van der Waals surface area contributed by atoms with Gasteiger partial charge in [-0.25, -0.2) is 0 Å². The molecule has 0 bridgehead atoms. The summed E-state index contributed by atoms with van der Waals surface area (Å²) in [4.78, 5) is 14.1.